The maximum Gasteiger partial charge on any atom is 0.264 e. The molecule has 82 valence electrons. The van der Waals surface area contributed by atoms with Gasteiger partial charge in [0.2, 0.25) is 5.91 Å². The molecule has 0 fully saturated rings. The molecule has 0 aromatic heterocycles. The number of halogens is 1. The van der Waals surface area contributed by atoms with E-state index in [-0.39, 0.29) is 17.2 Å². The van der Waals surface area contributed by atoms with Gasteiger partial charge in [-0.15, -0.1) is 11.6 Å². The van der Waals surface area contributed by atoms with Crippen molar-refractivity contribution in [3.05, 3.63) is 30.3 Å². The molecule has 1 amide bonds. The number of carbonyl (C=O) groups excluding carboxylic acids is 1. The maximum atomic E-state index is 11.5. The minimum Gasteiger partial charge on any atom is -0.274 e. The van der Waals surface area contributed by atoms with Gasteiger partial charge in [-0.05, 0) is 12.1 Å². The van der Waals surface area contributed by atoms with Gasteiger partial charge in [0, 0.05) is 12.3 Å². The summed E-state index contributed by atoms with van der Waals surface area (Å²) in [6, 6.07) is 7.69. The zero-order chi connectivity index (χ0) is 11.3. The normalized spacial score (nSPS) is 11.0. The standard InChI is InChI=1S/C9H10ClNO3S/c10-7-6-9(12)11-15(13,14)8-4-2-1-3-5-8/h1-5H,6-7H2,(H,11,12). The number of amides is 1. The first-order valence-electron chi connectivity index (χ1n) is 4.23. The summed E-state index contributed by atoms with van der Waals surface area (Å²) in [6.45, 7) is 0. The quantitative estimate of drug-likeness (QED) is 0.811. The minimum absolute atomic E-state index is 0.0202. The van der Waals surface area contributed by atoms with Crippen molar-refractivity contribution in [1.82, 2.24) is 4.72 Å². The summed E-state index contributed by atoms with van der Waals surface area (Å²) in [7, 11) is -3.74. The Morgan fingerprint density at radius 3 is 2.40 bits per heavy atom. The van der Waals surface area contributed by atoms with E-state index in [1.54, 1.807) is 18.2 Å². The molecule has 1 aromatic rings. The van der Waals surface area contributed by atoms with E-state index in [9.17, 15) is 13.2 Å². The van der Waals surface area contributed by atoms with Crippen LogP contribution in [-0.4, -0.2) is 20.2 Å². The summed E-state index contributed by atoms with van der Waals surface area (Å²) in [5.41, 5.74) is 0. The van der Waals surface area contributed by atoms with Gasteiger partial charge < -0.3 is 0 Å². The van der Waals surface area contributed by atoms with Gasteiger partial charge >= 0.3 is 0 Å². The first kappa shape index (κ1) is 12.0. The monoisotopic (exact) mass is 247 g/mol. The number of hydrogen-bond donors (Lipinski definition) is 1. The van der Waals surface area contributed by atoms with Gasteiger partial charge in [0.25, 0.3) is 10.0 Å². The van der Waals surface area contributed by atoms with Crippen LogP contribution in [0.2, 0.25) is 0 Å². The van der Waals surface area contributed by atoms with E-state index in [2.05, 4.69) is 0 Å². The number of hydrogen-bond acceptors (Lipinski definition) is 3. The Morgan fingerprint density at radius 2 is 1.87 bits per heavy atom. The second-order valence-corrected chi connectivity index (χ2v) is 4.84. The summed E-state index contributed by atoms with van der Waals surface area (Å²) in [5, 5.41) is 0. The molecule has 0 saturated carbocycles. The average molecular weight is 248 g/mol. The highest BCUT2D eigenvalue weighted by Gasteiger charge is 2.16. The Bertz CT molecular complexity index is 430. The van der Waals surface area contributed by atoms with Gasteiger partial charge in [-0.1, -0.05) is 18.2 Å². The van der Waals surface area contributed by atoms with E-state index in [1.807, 2.05) is 4.72 Å². The van der Waals surface area contributed by atoms with E-state index in [0.717, 1.165) is 0 Å². The molecular formula is C9H10ClNO3S. The Kier molecular flexibility index (Phi) is 4.11. The number of rotatable bonds is 4. The molecule has 0 atom stereocenters. The number of carbonyl (C=O) groups is 1. The molecular weight excluding hydrogens is 238 g/mol. The topological polar surface area (TPSA) is 63.2 Å². The van der Waals surface area contributed by atoms with E-state index in [4.69, 9.17) is 11.6 Å². The summed E-state index contributed by atoms with van der Waals surface area (Å²) in [6.07, 6.45) is -0.0202. The van der Waals surface area contributed by atoms with Gasteiger partial charge in [-0.2, -0.15) is 0 Å². The molecule has 0 aliphatic heterocycles. The van der Waals surface area contributed by atoms with Crippen LogP contribution in [0.15, 0.2) is 35.2 Å². The fraction of sp³-hybridized carbons (Fsp3) is 0.222. The number of benzene rings is 1. The fourth-order valence-corrected chi connectivity index (χ4v) is 2.15. The van der Waals surface area contributed by atoms with Crippen molar-refractivity contribution in [3.8, 4) is 0 Å². The molecule has 1 aromatic carbocycles. The van der Waals surface area contributed by atoms with Crippen LogP contribution >= 0.6 is 11.6 Å². The van der Waals surface area contributed by atoms with Crippen molar-refractivity contribution in [2.24, 2.45) is 0 Å². The summed E-state index contributed by atoms with van der Waals surface area (Å²) in [5.74, 6) is -0.510. The van der Waals surface area contributed by atoms with Crippen LogP contribution < -0.4 is 4.72 Å². The predicted octanol–water partition coefficient (Wildman–Crippen LogP) is 1.12. The van der Waals surface area contributed by atoms with Crippen LogP contribution in [0.5, 0.6) is 0 Å². The number of nitrogens with one attached hydrogen (secondary N) is 1. The highest BCUT2D eigenvalue weighted by molar-refractivity contribution is 7.90. The van der Waals surface area contributed by atoms with Crippen molar-refractivity contribution < 1.29 is 13.2 Å². The van der Waals surface area contributed by atoms with Gasteiger partial charge in [0.15, 0.2) is 0 Å². The van der Waals surface area contributed by atoms with Crippen LogP contribution in [-0.2, 0) is 14.8 Å². The fourth-order valence-electron chi connectivity index (χ4n) is 0.945. The molecule has 0 saturated heterocycles. The molecule has 4 nitrogen and oxygen atoms in total. The van der Waals surface area contributed by atoms with Crippen molar-refractivity contribution in [3.63, 3.8) is 0 Å². The lowest BCUT2D eigenvalue weighted by molar-refractivity contribution is -0.118. The molecule has 6 heteroatoms. The third-order valence-electron chi connectivity index (χ3n) is 1.62. The second kappa shape index (κ2) is 5.14. The van der Waals surface area contributed by atoms with Gasteiger partial charge in [-0.3, -0.25) is 4.79 Å². The van der Waals surface area contributed by atoms with E-state index in [0.29, 0.717) is 0 Å². The predicted molar refractivity (Wildman–Crippen MR) is 57.1 cm³/mol. The highest BCUT2D eigenvalue weighted by Crippen LogP contribution is 2.07. The minimum atomic E-state index is -3.74. The molecule has 0 spiro atoms. The molecule has 0 heterocycles. The highest BCUT2D eigenvalue weighted by atomic mass is 35.5. The maximum absolute atomic E-state index is 11.5. The zero-order valence-electron chi connectivity index (χ0n) is 7.81. The zero-order valence-corrected chi connectivity index (χ0v) is 9.38. The average Bonchev–Trinajstić information content (AvgIpc) is 2.18. The van der Waals surface area contributed by atoms with Gasteiger partial charge in [0.05, 0.1) is 4.90 Å². The molecule has 0 aliphatic carbocycles. The SMILES string of the molecule is O=C(CCCl)NS(=O)(=O)c1ccccc1. The van der Waals surface area contributed by atoms with E-state index in [1.165, 1.54) is 12.1 Å². The first-order valence-corrected chi connectivity index (χ1v) is 6.24. The molecule has 0 bridgehead atoms. The Labute approximate surface area is 93.3 Å². The van der Waals surface area contributed by atoms with Crippen molar-refractivity contribution >= 4 is 27.5 Å². The summed E-state index contributed by atoms with van der Waals surface area (Å²) < 4.78 is 25.0. The lowest BCUT2D eigenvalue weighted by Gasteiger charge is -2.05. The van der Waals surface area contributed by atoms with Crippen LogP contribution in [0.25, 0.3) is 0 Å². The van der Waals surface area contributed by atoms with Crippen molar-refractivity contribution in [2.75, 3.05) is 5.88 Å². The number of alkyl halides is 1. The van der Waals surface area contributed by atoms with Crippen LogP contribution in [0, 0.1) is 0 Å². The smallest absolute Gasteiger partial charge is 0.264 e. The second-order valence-electron chi connectivity index (χ2n) is 2.78. The summed E-state index contributed by atoms with van der Waals surface area (Å²) >= 11 is 5.32. The third kappa shape index (κ3) is 3.53. The van der Waals surface area contributed by atoms with Crippen LogP contribution in [0.3, 0.4) is 0 Å². The molecule has 0 radical (unpaired) electrons. The van der Waals surface area contributed by atoms with E-state index >= 15 is 0 Å². The number of sulfonamides is 1. The van der Waals surface area contributed by atoms with Gasteiger partial charge in [0.1, 0.15) is 0 Å². The van der Waals surface area contributed by atoms with Gasteiger partial charge in [-0.25, -0.2) is 13.1 Å². The lowest BCUT2D eigenvalue weighted by atomic mass is 10.4. The Balaban J connectivity index is 2.81. The molecule has 1 rings (SSSR count). The van der Waals surface area contributed by atoms with Crippen molar-refractivity contribution in [1.29, 1.82) is 0 Å². The van der Waals surface area contributed by atoms with Crippen molar-refractivity contribution in [2.45, 2.75) is 11.3 Å². The van der Waals surface area contributed by atoms with Crippen LogP contribution in [0.4, 0.5) is 0 Å². The molecule has 0 unspecified atom stereocenters. The van der Waals surface area contributed by atoms with Crippen LogP contribution in [0.1, 0.15) is 6.42 Å². The molecule has 15 heavy (non-hydrogen) atoms. The van der Waals surface area contributed by atoms with E-state index < -0.39 is 15.9 Å². The Morgan fingerprint density at radius 1 is 1.27 bits per heavy atom. The lowest BCUT2D eigenvalue weighted by Crippen LogP contribution is -2.30. The largest absolute Gasteiger partial charge is 0.274 e. The molecule has 1 N–H and O–H groups in total. The first-order chi connectivity index (χ1) is 7.06. The summed E-state index contributed by atoms with van der Waals surface area (Å²) in [4.78, 5) is 11.1. The molecule has 0 aliphatic rings. The third-order valence-corrected chi connectivity index (χ3v) is 3.20. The Hall–Kier alpha value is -1.07.